The SMILES string of the molecule is Cc1cc(-c2ccc(-c3ccc4c(c3)c3cc(-c5ccc(-c6ccc7c(c6)c(=O)c6ccccc6n7-c6ccccc6)cc5)ccc3n4-c3ccccc3)cc2)ccc1N(c1ccccc1)c1ccccc1C=O. The van der Waals surface area contributed by atoms with Crippen molar-refractivity contribution >= 4 is 67.0 Å². The van der Waals surface area contributed by atoms with E-state index in [4.69, 9.17) is 0 Å². The number of hydrogen-bond donors (Lipinski definition) is 0. The normalized spacial score (nSPS) is 11.4. The van der Waals surface area contributed by atoms with Gasteiger partial charge in [0.2, 0.25) is 0 Å². The number of anilines is 3. The molecule has 0 N–H and O–H groups in total. The first-order valence-electron chi connectivity index (χ1n) is 25.0. The van der Waals surface area contributed by atoms with Gasteiger partial charge in [-0.05, 0) is 166 Å². The maximum absolute atomic E-state index is 14.1. The number of aromatic nitrogens is 2. The quantitative estimate of drug-likeness (QED) is 0.101. The Morgan fingerprint density at radius 1 is 0.338 bits per heavy atom. The second kappa shape index (κ2) is 18.4. The lowest BCUT2D eigenvalue weighted by molar-refractivity contribution is 0.112. The van der Waals surface area contributed by atoms with Gasteiger partial charge in [0.1, 0.15) is 0 Å². The molecule has 0 atom stereocenters. The first kappa shape index (κ1) is 44.1. The molecule has 0 aliphatic rings. The van der Waals surface area contributed by atoms with Crippen LogP contribution in [0, 0.1) is 6.92 Å². The second-order valence-electron chi connectivity index (χ2n) is 18.9. The van der Waals surface area contributed by atoms with Crippen molar-refractivity contribution in [3.05, 3.63) is 282 Å². The van der Waals surface area contributed by atoms with Crippen molar-refractivity contribution in [2.75, 3.05) is 4.90 Å². The van der Waals surface area contributed by atoms with E-state index in [-0.39, 0.29) is 5.43 Å². The minimum Gasteiger partial charge on any atom is -0.310 e. The van der Waals surface area contributed by atoms with Crippen LogP contribution in [0.25, 0.3) is 99.5 Å². The summed E-state index contributed by atoms with van der Waals surface area (Å²) in [6.07, 6.45) is 0.925. The van der Waals surface area contributed by atoms with E-state index in [1.165, 1.54) is 10.8 Å². The molecule has 2 aromatic heterocycles. The standard InChI is InChI=1S/C69H47N3O2/c1-46-41-51(33-37-63(46)70(56-16-5-2-6-17-56)64-23-13-11-15-55(64)45-73)47-25-27-48(28-26-47)52-34-38-66-60(42-52)61-43-53(35-39-67(61)72(66)58-20-9-4-10-21-58)49-29-31-50(32-30-49)54-36-40-68-62(44-54)69(74)59-22-12-14-24-65(59)71(68)57-18-7-3-8-19-57/h2-45H,1H3. The minimum absolute atomic E-state index is 0.0356. The van der Waals surface area contributed by atoms with Gasteiger partial charge in [-0.2, -0.15) is 0 Å². The van der Waals surface area contributed by atoms with E-state index in [1.54, 1.807) is 0 Å². The molecule has 5 heteroatoms. The molecule has 0 saturated carbocycles. The third kappa shape index (κ3) is 7.67. The van der Waals surface area contributed by atoms with Crippen LogP contribution in [0.1, 0.15) is 15.9 Å². The summed E-state index contributed by atoms with van der Waals surface area (Å²) in [5, 5.41) is 3.75. The van der Waals surface area contributed by atoms with E-state index in [1.807, 2.05) is 91.0 Å². The first-order valence-corrected chi connectivity index (χ1v) is 25.0. The summed E-state index contributed by atoms with van der Waals surface area (Å²) in [5.74, 6) is 0. The van der Waals surface area contributed by atoms with Crippen LogP contribution in [0.15, 0.2) is 266 Å². The number of carbonyl (C=O) groups is 1. The highest BCUT2D eigenvalue weighted by atomic mass is 16.1. The summed E-state index contributed by atoms with van der Waals surface area (Å²) in [6.45, 7) is 2.13. The number of pyridine rings is 1. The fourth-order valence-corrected chi connectivity index (χ4v) is 10.9. The third-order valence-electron chi connectivity index (χ3n) is 14.5. The van der Waals surface area contributed by atoms with Crippen molar-refractivity contribution in [1.29, 1.82) is 0 Å². The van der Waals surface area contributed by atoms with Crippen molar-refractivity contribution in [1.82, 2.24) is 9.13 Å². The highest BCUT2D eigenvalue weighted by Crippen LogP contribution is 2.41. The second-order valence-corrected chi connectivity index (χ2v) is 18.9. The molecule has 0 unspecified atom stereocenters. The molecule has 0 aliphatic heterocycles. The zero-order valence-electron chi connectivity index (χ0n) is 40.6. The lowest BCUT2D eigenvalue weighted by atomic mass is 9.96. The molecule has 0 spiro atoms. The molecule has 0 saturated heterocycles. The van der Waals surface area contributed by atoms with Gasteiger partial charge in [0.05, 0.1) is 27.8 Å². The van der Waals surface area contributed by atoms with Gasteiger partial charge in [0.15, 0.2) is 11.7 Å². The zero-order valence-corrected chi connectivity index (χ0v) is 40.6. The van der Waals surface area contributed by atoms with Gasteiger partial charge >= 0.3 is 0 Å². The van der Waals surface area contributed by atoms with Crippen LogP contribution in [0.5, 0.6) is 0 Å². The molecule has 2 heterocycles. The molecule has 11 aromatic carbocycles. The zero-order chi connectivity index (χ0) is 49.7. The molecular formula is C69H47N3O2. The summed E-state index contributed by atoms with van der Waals surface area (Å²) in [6, 6.07) is 90.6. The van der Waals surface area contributed by atoms with E-state index in [2.05, 4.69) is 191 Å². The molecule has 0 bridgehead atoms. The maximum Gasteiger partial charge on any atom is 0.197 e. The molecule has 0 aliphatic carbocycles. The van der Waals surface area contributed by atoms with Gasteiger partial charge < -0.3 is 14.0 Å². The lowest BCUT2D eigenvalue weighted by Crippen LogP contribution is -2.13. The predicted octanol–water partition coefficient (Wildman–Crippen LogP) is 17.5. The van der Waals surface area contributed by atoms with Crippen LogP contribution in [0.4, 0.5) is 17.1 Å². The lowest BCUT2D eigenvalue weighted by Gasteiger charge is -2.28. The van der Waals surface area contributed by atoms with Crippen molar-refractivity contribution < 1.29 is 4.79 Å². The number of rotatable bonds is 10. The Balaban J connectivity index is 0.838. The summed E-state index contributed by atoms with van der Waals surface area (Å²) in [7, 11) is 0. The van der Waals surface area contributed by atoms with E-state index in [0.717, 1.165) is 107 Å². The Hall–Kier alpha value is -9.84. The molecule has 13 rings (SSSR count). The Labute approximate surface area is 428 Å². The van der Waals surface area contributed by atoms with Crippen LogP contribution >= 0.6 is 0 Å². The van der Waals surface area contributed by atoms with Crippen molar-refractivity contribution in [2.45, 2.75) is 6.92 Å². The molecule has 13 aromatic rings. The Morgan fingerprint density at radius 2 is 0.730 bits per heavy atom. The summed E-state index contributed by atoms with van der Waals surface area (Å²) >= 11 is 0. The van der Waals surface area contributed by atoms with Crippen LogP contribution in [0.3, 0.4) is 0 Å². The summed E-state index contributed by atoms with van der Waals surface area (Å²) in [5.41, 5.74) is 19.6. The Bertz CT molecular complexity index is 4330. The van der Waals surface area contributed by atoms with Crippen LogP contribution < -0.4 is 10.3 Å². The van der Waals surface area contributed by atoms with E-state index in [0.29, 0.717) is 16.3 Å². The Morgan fingerprint density at radius 3 is 1.24 bits per heavy atom. The van der Waals surface area contributed by atoms with Gasteiger partial charge in [-0.15, -0.1) is 0 Å². The number of aldehydes is 1. The average molecular weight is 950 g/mol. The smallest absolute Gasteiger partial charge is 0.197 e. The molecule has 74 heavy (non-hydrogen) atoms. The Kier molecular flexibility index (Phi) is 11.0. The summed E-state index contributed by atoms with van der Waals surface area (Å²) in [4.78, 5) is 28.4. The van der Waals surface area contributed by atoms with Crippen molar-refractivity contribution in [2.24, 2.45) is 0 Å². The monoisotopic (exact) mass is 949 g/mol. The molecule has 0 radical (unpaired) electrons. The number of carbonyl (C=O) groups excluding carboxylic acids is 1. The fraction of sp³-hybridized carbons (Fsp3) is 0.0145. The highest BCUT2D eigenvalue weighted by Gasteiger charge is 2.20. The maximum atomic E-state index is 14.1. The third-order valence-corrected chi connectivity index (χ3v) is 14.5. The average Bonchev–Trinajstić information content (AvgIpc) is 3.80. The van der Waals surface area contributed by atoms with Crippen LogP contribution in [-0.2, 0) is 0 Å². The van der Waals surface area contributed by atoms with Gasteiger partial charge in [-0.3, -0.25) is 9.59 Å². The van der Waals surface area contributed by atoms with Gasteiger partial charge in [0.25, 0.3) is 0 Å². The number of para-hydroxylation sites is 5. The first-order chi connectivity index (χ1) is 36.5. The van der Waals surface area contributed by atoms with Gasteiger partial charge in [-0.25, -0.2) is 0 Å². The van der Waals surface area contributed by atoms with E-state index in [9.17, 15) is 9.59 Å². The molecule has 350 valence electrons. The molecular weight excluding hydrogens is 903 g/mol. The molecule has 0 fully saturated rings. The minimum atomic E-state index is 0.0356. The molecule has 5 nitrogen and oxygen atoms in total. The van der Waals surface area contributed by atoms with Gasteiger partial charge in [0, 0.05) is 49.9 Å². The van der Waals surface area contributed by atoms with E-state index >= 15 is 0 Å². The highest BCUT2D eigenvalue weighted by molar-refractivity contribution is 6.12. The van der Waals surface area contributed by atoms with Gasteiger partial charge in [-0.1, -0.05) is 152 Å². The van der Waals surface area contributed by atoms with Crippen molar-refractivity contribution in [3.8, 4) is 55.9 Å². The predicted molar refractivity (Wildman–Crippen MR) is 308 cm³/mol. The number of benzene rings is 11. The number of nitrogens with zero attached hydrogens (tertiary/aromatic N) is 3. The largest absolute Gasteiger partial charge is 0.310 e. The number of fused-ring (bicyclic) bond motifs is 5. The van der Waals surface area contributed by atoms with Crippen molar-refractivity contribution in [3.63, 3.8) is 0 Å². The van der Waals surface area contributed by atoms with Crippen LogP contribution in [-0.4, -0.2) is 15.4 Å². The van der Waals surface area contributed by atoms with E-state index < -0.39 is 0 Å². The fourth-order valence-electron chi connectivity index (χ4n) is 10.9. The number of hydrogen-bond acceptors (Lipinski definition) is 3. The van der Waals surface area contributed by atoms with Crippen LogP contribution in [0.2, 0.25) is 0 Å². The summed E-state index contributed by atoms with van der Waals surface area (Å²) < 4.78 is 4.55. The number of aryl methyl sites for hydroxylation is 1. The topological polar surface area (TPSA) is 47.2 Å². The molecule has 0 amide bonds.